The first kappa shape index (κ1) is 21.8. The topological polar surface area (TPSA) is 68.9 Å². The highest BCUT2D eigenvalue weighted by molar-refractivity contribution is 5.50. The zero-order valence-corrected chi connectivity index (χ0v) is 16.8. The fourth-order valence-electron chi connectivity index (χ4n) is 2.89. The van der Waals surface area contributed by atoms with Gasteiger partial charge in [-0.05, 0) is 50.3 Å². The summed E-state index contributed by atoms with van der Waals surface area (Å²) < 4.78 is 17.0. The molecule has 2 rings (SSSR count). The molecule has 0 aliphatic heterocycles. The molecule has 0 saturated heterocycles. The van der Waals surface area contributed by atoms with Gasteiger partial charge in [0.15, 0.2) is 5.76 Å². The molecular weight excluding hydrogens is 356 g/mol. The molecule has 5 nitrogen and oxygen atoms in total. The standard InChI is InChI=1S/C23H30O5/c1-3-10-18-12-6-7-13-21(18)26-14-8-5-9-15-27-23-20(25)16-19(17-24)28-22(23)11-4-2/h4,6-7,11-13,16,24H,3,5,8-10,14-15,17H2,1-2H3/b11-4-. The Balaban J connectivity index is 1.76. The summed E-state index contributed by atoms with van der Waals surface area (Å²) in [6.45, 7) is 4.77. The van der Waals surface area contributed by atoms with E-state index in [0.29, 0.717) is 19.0 Å². The lowest BCUT2D eigenvalue weighted by atomic mass is 10.1. The summed E-state index contributed by atoms with van der Waals surface area (Å²) in [5.41, 5.74) is 0.974. The summed E-state index contributed by atoms with van der Waals surface area (Å²) in [5.74, 6) is 1.74. The Bertz CT molecular complexity index is 807. The van der Waals surface area contributed by atoms with Crippen LogP contribution in [0.25, 0.3) is 6.08 Å². The van der Waals surface area contributed by atoms with Crippen molar-refractivity contribution in [1.82, 2.24) is 0 Å². The van der Waals surface area contributed by atoms with Gasteiger partial charge in [0.05, 0.1) is 13.2 Å². The molecule has 5 heteroatoms. The van der Waals surface area contributed by atoms with E-state index in [2.05, 4.69) is 13.0 Å². The molecule has 1 aromatic carbocycles. The van der Waals surface area contributed by atoms with E-state index in [1.165, 1.54) is 11.6 Å². The molecule has 0 aliphatic rings. The Morgan fingerprint density at radius 1 is 1.11 bits per heavy atom. The molecule has 2 aromatic rings. The van der Waals surface area contributed by atoms with Gasteiger partial charge in [0.25, 0.3) is 0 Å². The van der Waals surface area contributed by atoms with Crippen LogP contribution in [0.2, 0.25) is 0 Å². The number of hydrogen-bond donors (Lipinski definition) is 1. The van der Waals surface area contributed by atoms with Gasteiger partial charge in [0.1, 0.15) is 18.1 Å². The van der Waals surface area contributed by atoms with E-state index in [1.807, 2.05) is 25.1 Å². The highest BCUT2D eigenvalue weighted by Crippen LogP contribution is 2.20. The first-order chi connectivity index (χ1) is 13.7. The van der Waals surface area contributed by atoms with E-state index in [4.69, 9.17) is 19.0 Å². The number of unbranched alkanes of at least 4 members (excludes halogenated alkanes) is 2. The van der Waals surface area contributed by atoms with E-state index in [9.17, 15) is 4.79 Å². The number of hydrogen-bond acceptors (Lipinski definition) is 5. The molecule has 0 unspecified atom stereocenters. The maximum atomic E-state index is 12.2. The van der Waals surface area contributed by atoms with Crippen LogP contribution in [-0.4, -0.2) is 18.3 Å². The van der Waals surface area contributed by atoms with E-state index < -0.39 is 0 Å². The van der Waals surface area contributed by atoms with Crippen molar-refractivity contribution < 1.29 is 19.0 Å². The third-order valence-corrected chi connectivity index (χ3v) is 4.24. The van der Waals surface area contributed by atoms with Gasteiger partial charge in [-0.15, -0.1) is 0 Å². The molecule has 1 heterocycles. The molecular formula is C23H30O5. The van der Waals surface area contributed by atoms with Crippen molar-refractivity contribution in [2.45, 2.75) is 52.6 Å². The molecule has 0 fully saturated rings. The fraction of sp³-hybridized carbons (Fsp3) is 0.435. The van der Waals surface area contributed by atoms with Crippen molar-refractivity contribution in [2.75, 3.05) is 13.2 Å². The smallest absolute Gasteiger partial charge is 0.227 e. The summed E-state index contributed by atoms with van der Waals surface area (Å²) in [5, 5.41) is 9.16. The number of aliphatic hydroxyl groups excluding tert-OH is 1. The number of aliphatic hydroxyl groups is 1. The molecule has 0 atom stereocenters. The third-order valence-electron chi connectivity index (χ3n) is 4.24. The second-order valence-corrected chi connectivity index (χ2v) is 6.54. The minimum Gasteiger partial charge on any atom is -0.493 e. The minimum absolute atomic E-state index is 0.194. The van der Waals surface area contributed by atoms with Crippen molar-refractivity contribution in [2.24, 2.45) is 0 Å². The lowest BCUT2D eigenvalue weighted by molar-refractivity contribution is 0.234. The lowest BCUT2D eigenvalue weighted by Crippen LogP contribution is -2.11. The number of allylic oxidation sites excluding steroid dienone is 1. The molecule has 0 aliphatic carbocycles. The van der Waals surface area contributed by atoms with Gasteiger partial charge in [0, 0.05) is 6.07 Å². The first-order valence-electron chi connectivity index (χ1n) is 9.93. The van der Waals surface area contributed by atoms with Gasteiger partial charge >= 0.3 is 0 Å². The molecule has 0 bridgehead atoms. The van der Waals surface area contributed by atoms with Crippen LogP contribution in [0.15, 0.2) is 45.6 Å². The van der Waals surface area contributed by atoms with E-state index >= 15 is 0 Å². The van der Waals surface area contributed by atoms with Crippen LogP contribution >= 0.6 is 0 Å². The van der Waals surface area contributed by atoms with Crippen LogP contribution in [0.1, 0.15) is 56.6 Å². The van der Waals surface area contributed by atoms with Crippen molar-refractivity contribution >= 4 is 6.08 Å². The average Bonchev–Trinajstić information content (AvgIpc) is 2.70. The zero-order valence-electron chi connectivity index (χ0n) is 16.8. The molecule has 28 heavy (non-hydrogen) atoms. The molecule has 0 saturated carbocycles. The highest BCUT2D eigenvalue weighted by Gasteiger charge is 2.11. The first-order valence-corrected chi connectivity index (χ1v) is 9.93. The summed E-state index contributed by atoms with van der Waals surface area (Å²) in [4.78, 5) is 12.2. The van der Waals surface area contributed by atoms with Crippen LogP contribution in [0, 0.1) is 0 Å². The monoisotopic (exact) mass is 386 g/mol. The minimum atomic E-state index is -0.318. The average molecular weight is 386 g/mol. The SMILES string of the molecule is C/C=C\c1oc(CO)cc(=O)c1OCCCCCOc1ccccc1CCC. The summed E-state index contributed by atoms with van der Waals surface area (Å²) in [6.07, 6.45) is 8.23. The van der Waals surface area contributed by atoms with E-state index in [1.54, 1.807) is 12.2 Å². The predicted octanol–water partition coefficient (Wildman–Crippen LogP) is 4.75. The number of para-hydroxylation sites is 1. The van der Waals surface area contributed by atoms with Crippen molar-refractivity contribution in [1.29, 1.82) is 0 Å². The molecule has 1 aromatic heterocycles. The third kappa shape index (κ3) is 6.57. The highest BCUT2D eigenvalue weighted by atomic mass is 16.5. The molecule has 0 spiro atoms. The van der Waals surface area contributed by atoms with Gasteiger partial charge in [0.2, 0.25) is 11.2 Å². The molecule has 0 amide bonds. The maximum absolute atomic E-state index is 12.2. The second kappa shape index (κ2) is 12.0. The number of ether oxygens (including phenoxy) is 2. The van der Waals surface area contributed by atoms with Crippen LogP contribution in [0.5, 0.6) is 11.5 Å². The Labute approximate surface area is 166 Å². The maximum Gasteiger partial charge on any atom is 0.227 e. The van der Waals surface area contributed by atoms with Crippen LogP contribution in [0.3, 0.4) is 0 Å². The van der Waals surface area contributed by atoms with Crippen LogP contribution < -0.4 is 14.9 Å². The van der Waals surface area contributed by atoms with E-state index in [0.717, 1.165) is 37.9 Å². The number of benzene rings is 1. The number of aryl methyl sites for hydroxylation is 1. The summed E-state index contributed by atoms with van der Waals surface area (Å²) >= 11 is 0. The molecule has 1 N–H and O–H groups in total. The largest absolute Gasteiger partial charge is 0.493 e. The Morgan fingerprint density at radius 3 is 2.57 bits per heavy atom. The normalized spacial score (nSPS) is 11.1. The van der Waals surface area contributed by atoms with Gasteiger partial charge in [-0.3, -0.25) is 4.79 Å². The summed E-state index contributed by atoms with van der Waals surface area (Å²) in [6, 6.07) is 9.44. The lowest BCUT2D eigenvalue weighted by Gasteiger charge is -2.11. The van der Waals surface area contributed by atoms with Crippen molar-refractivity contribution in [3.05, 3.63) is 63.7 Å². The second-order valence-electron chi connectivity index (χ2n) is 6.54. The van der Waals surface area contributed by atoms with Crippen molar-refractivity contribution in [3.63, 3.8) is 0 Å². The summed E-state index contributed by atoms with van der Waals surface area (Å²) in [7, 11) is 0. The quantitative estimate of drug-likeness (QED) is 0.533. The Morgan fingerprint density at radius 2 is 1.86 bits per heavy atom. The van der Waals surface area contributed by atoms with Crippen molar-refractivity contribution in [3.8, 4) is 11.5 Å². The zero-order chi connectivity index (χ0) is 20.2. The predicted molar refractivity (Wildman–Crippen MR) is 111 cm³/mol. The van der Waals surface area contributed by atoms with Gasteiger partial charge in [-0.1, -0.05) is 37.6 Å². The van der Waals surface area contributed by atoms with Gasteiger partial charge in [-0.2, -0.15) is 0 Å². The van der Waals surface area contributed by atoms with Crippen LogP contribution in [-0.2, 0) is 13.0 Å². The Kier molecular flexibility index (Phi) is 9.35. The molecule has 0 radical (unpaired) electrons. The van der Waals surface area contributed by atoms with Crippen LogP contribution in [0.4, 0.5) is 0 Å². The van der Waals surface area contributed by atoms with E-state index in [-0.39, 0.29) is 23.5 Å². The molecule has 152 valence electrons. The number of rotatable bonds is 12. The van der Waals surface area contributed by atoms with Gasteiger partial charge in [-0.25, -0.2) is 0 Å². The Hall–Kier alpha value is -2.53. The van der Waals surface area contributed by atoms with Gasteiger partial charge < -0.3 is 19.0 Å². The fourth-order valence-corrected chi connectivity index (χ4v) is 2.89.